The van der Waals surface area contributed by atoms with E-state index in [-0.39, 0.29) is 5.69 Å². The molecule has 0 saturated carbocycles. The molecule has 0 radical (unpaired) electrons. The molecule has 0 fully saturated rings. The van der Waals surface area contributed by atoms with Gasteiger partial charge >= 0.3 is 0 Å². The molecule has 6 nitrogen and oxygen atoms in total. The van der Waals surface area contributed by atoms with Crippen molar-refractivity contribution >= 4 is 33.0 Å². The molecule has 0 aliphatic rings. The highest BCUT2D eigenvalue weighted by Gasteiger charge is 2.08. The Morgan fingerprint density at radius 1 is 1.08 bits per heavy atom. The largest absolute Gasteiger partial charge is 0.472 e. The molecular formula is C18H14BrN3O3. The fourth-order valence-electron chi connectivity index (χ4n) is 2.19. The van der Waals surface area contributed by atoms with Gasteiger partial charge in [0.1, 0.15) is 6.61 Å². The van der Waals surface area contributed by atoms with Crippen LogP contribution in [0.5, 0.6) is 5.88 Å². The quantitative estimate of drug-likeness (QED) is 0.462. The number of ether oxygens (including phenoxy) is 1. The van der Waals surface area contributed by atoms with Crippen LogP contribution in [0, 0.1) is 10.1 Å². The van der Waals surface area contributed by atoms with Crippen molar-refractivity contribution in [2.45, 2.75) is 6.61 Å². The van der Waals surface area contributed by atoms with Gasteiger partial charge in [0, 0.05) is 17.8 Å². The molecule has 0 saturated heterocycles. The zero-order chi connectivity index (χ0) is 17.6. The Morgan fingerprint density at radius 2 is 1.88 bits per heavy atom. The molecule has 1 heterocycles. The van der Waals surface area contributed by atoms with Gasteiger partial charge in [0.2, 0.25) is 5.88 Å². The Bertz CT molecular complexity index is 888. The number of halogens is 1. The first-order chi connectivity index (χ1) is 12.1. The lowest BCUT2D eigenvalue weighted by Gasteiger charge is -2.10. The minimum absolute atomic E-state index is 0.0276. The van der Waals surface area contributed by atoms with E-state index in [1.165, 1.54) is 12.1 Å². The van der Waals surface area contributed by atoms with Crippen LogP contribution in [0.3, 0.4) is 0 Å². The van der Waals surface area contributed by atoms with E-state index in [1.54, 1.807) is 18.3 Å². The molecule has 0 aliphatic carbocycles. The van der Waals surface area contributed by atoms with Crippen molar-refractivity contribution in [2.75, 3.05) is 5.32 Å². The van der Waals surface area contributed by atoms with Crippen molar-refractivity contribution in [3.05, 3.63) is 87.0 Å². The summed E-state index contributed by atoms with van der Waals surface area (Å²) in [7, 11) is 0. The molecule has 1 aromatic heterocycles. The summed E-state index contributed by atoms with van der Waals surface area (Å²) < 4.78 is 6.40. The maximum Gasteiger partial charge on any atom is 0.271 e. The van der Waals surface area contributed by atoms with Crippen LogP contribution in [0.4, 0.5) is 17.1 Å². The summed E-state index contributed by atoms with van der Waals surface area (Å²) in [5, 5.41) is 13.9. The van der Waals surface area contributed by atoms with Gasteiger partial charge < -0.3 is 10.1 Å². The fraction of sp³-hybridized carbons (Fsp3) is 0.0556. The highest BCUT2D eigenvalue weighted by atomic mass is 79.9. The van der Waals surface area contributed by atoms with Gasteiger partial charge in [0.25, 0.3) is 5.69 Å². The van der Waals surface area contributed by atoms with Crippen LogP contribution in [0.15, 0.2) is 71.3 Å². The van der Waals surface area contributed by atoms with Crippen molar-refractivity contribution in [1.29, 1.82) is 0 Å². The van der Waals surface area contributed by atoms with Crippen molar-refractivity contribution < 1.29 is 9.66 Å². The van der Waals surface area contributed by atoms with Crippen LogP contribution >= 0.6 is 15.9 Å². The van der Waals surface area contributed by atoms with Crippen LogP contribution < -0.4 is 10.1 Å². The number of nitrogens with one attached hydrogen (secondary N) is 1. The predicted molar refractivity (Wildman–Crippen MR) is 99.1 cm³/mol. The number of non-ortho nitro benzene ring substituents is 1. The van der Waals surface area contributed by atoms with Gasteiger partial charge in [-0.25, -0.2) is 4.98 Å². The number of nitro benzene ring substituents is 1. The van der Waals surface area contributed by atoms with E-state index in [0.717, 1.165) is 5.56 Å². The van der Waals surface area contributed by atoms with E-state index in [4.69, 9.17) is 4.74 Å². The molecule has 25 heavy (non-hydrogen) atoms. The third-order valence-corrected chi connectivity index (χ3v) is 3.94. The first-order valence-corrected chi connectivity index (χ1v) is 8.25. The molecule has 7 heteroatoms. The van der Waals surface area contributed by atoms with E-state index in [9.17, 15) is 10.1 Å². The molecule has 0 atom stereocenters. The third-order valence-electron chi connectivity index (χ3n) is 3.37. The summed E-state index contributed by atoms with van der Waals surface area (Å²) in [5.41, 5.74) is 2.38. The average molecular weight is 400 g/mol. The maximum atomic E-state index is 10.8. The molecule has 0 bridgehead atoms. The van der Waals surface area contributed by atoms with Gasteiger partial charge in [0.15, 0.2) is 0 Å². The fourth-order valence-corrected chi connectivity index (χ4v) is 2.65. The number of pyridine rings is 1. The van der Waals surface area contributed by atoms with Gasteiger partial charge in [-0.2, -0.15) is 0 Å². The molecule has 1 N–H and O–H groups in total. The van der Waals surface area contributed by atoms with Gasteiger partial charge in [0.05, 0.1) is 21.3 Å². The van der Waals surface area contributed by atoms with Crippen LogP contribution in [0.1, 0.15) is 5.56 Å². The maximum absolute atomic E-state index is 10.8. The van der Waals surface area contributed by atoms with Crippen molar-refractivity contribution in [3.8, 4) is 5.88 Å². The molecule has 3 rings (SSSR count). The Labute approximate surface area is 152 Å². The Balaban J connectivity index is 1.69. The molecular weight excluding hydrogens is 386 g/mol. The summed E-state index contributed by atoms with van der Waals surface area (Å²) in [6, 6.07) is 17.9. The van der Waals surface area contributed by atoms with E-state index >= 15 is 0 Å². The number of hydrogen-bond acceptors (Lipinski definition) is 5. The third kappa shape index (κ3) is 4.54. The minimum Gasteiger partial charge on any atom is -0.472 e. The molecule has 126 valence electrons. The van der Waals surface area contributed by atoms with Crippen LogP contribution in [0.25, 0.3) is 0 Å². The zero-order valence-corrected chi connectivity index (χ0v) is 14.6. The molecule has 2 aromatic carbocycles. The second kappa shape index (κ2) is 7.76. The SMILES string of the molecule is O=[N+]([O-])c1cccc(Nc2cnc(OCc3ccccc3)c(Br)c2)c1. The van der Waals surface area contributed by atoms with Crippen LogP contribution in [-0.2, 0) is 6.61 Å². The lowest BCUT2D eigenvalue weighted by molar-refractivity contribution is -0.384. The van der Waals surface area contributed by atoms with E-state index in [2.05, 4.69) is 26.2 Å². The lowest BCUT2D eigenvalue weighted by Crippen LogP contribution is -1.99. The number of benzene rings is 2. The summed E-state index contributed by atoms with van der Waals surface area (Å²) in [4.78, 5) is 14.7. The van der Waals surface area contributed by atoms with Crippen molar-refractivity contribution in [3.63, 3.8) is 0 Å². The number of rotatable bonds is 6. The monoisotopic (exact) mass is 399 g/mol. The number of nitro groups is 1. The zero-order valence-electron chi connectivity index (χ0n) is 13.1. The van der Waals surface area contributed by atoms with Gasteiger partial charge in [-0.15, -0.1) is 0 Å². The Hall–Kier alpha value is -2.93. The van der Waals surface area contributed by atoms with Crippen LogP contribution in [-0.4, -0.2) is 9.91 Å². The summed E-state index contributed by atoms with van der Waals surface area (Å²) in [6.45, 7) is 0.421. The number of hydrogen-bond donors (Lipinski definition) is 1. The smallest absolute Gasteiger partial charge is 0.271 e. The van der Waals surface area contributed by atoms with Gasteiger partial charge in [-0.1, -0.05) is 36.4 Å². The predicted octanol–water partition coefficient (Wildman–Crippen LogP) is 5.07. The Morgan fingerprint density at radius 3 is 2.60 bits per heavy atom. The highest BCUT2D eigenvalue weighted by molar-refractivity contribution is 9.10. The lowest BCUT2D eigenvalue weighted by atomic mass is 10.2. The summed E-state index contributed by atoms with van der Waals surface area (Å²) in [5.74, 6) is 0.480. The second-order valence-corrected chi connectivity index (χ2v) is 6.07. The van der Waals surface area contributed by atoms with E-state index in [0.29, 0.717) is 28.3 Å². The molecule has 0 unspecified atom stereocenters. The van der Waals surface area contributed by atoms with E-state index < -0.39 is 4.92 Å². The van der Waals surface area contributed by atoms with Gasteiger partial charge in [-0.3, -0.25) is 10.1 Å². The first kappa shape index (κ1) is 16.9. The normalized spacial score (nSPS) is 10.3. The van der Waals surface area contributed by atoms with E-state index in [1.807, 2.05) is 36.4 Å². The average Bonchev–Trinajstić information content (AvgIpc) is 2.62. The molecule has 3 aromatic rings. The number of nitrogens with zero attached hydrogens (tertiary/aromatic N) is 2. The number of aromatic nitrogens is 1. The first-order valence-electron chi connectivity index (χ1n) is 7.45. The Kier molecular flexibility index (Phi) is 5.25. The van der Waals surface area contributed by atoms with Crippen molar-refractivity contribution in [2.24, 2.45) is 0 Å². The molecule has 0 aliphatic heterocycles. The second-order valence-electron chi connectivity index (χ2n) is 5.22. The topological polar surface area (TPSA) is 77.3 Å². The van der Waals surface area contributed by atoms with Gasteiger partial charge in [-0.05, 0) is 33.6 Å². The van der Waals surface area contributed by atoms with Crippen molar-refractivity contribution in [1.82, 2.24) is 4.98 Å². The minimum atomic E-state index is -0.431. The highest BCUT2D eigenvalue weighted by Crippen LogP contribution is 2.28. The summed E-state index contributed by atoms with van der Waals surface area (Å²) in [6.07, 6.45) is 1.62. The summed E-state index contributed by atoms with van der Waals surface area (Å²) >= 11 is 3.44. The standard InChI is InChI=1S/C18H14BrN3O3/c19-17-10-15(21-14-7-4-8-16(9-14)22(23)24)11-20-18(17)25-12-13-5-2-1-3-6-13/h1-11,21H,12H2. The number of anilines is 2. The molecule has 0 amide bonds. The molecule has 0 spiro atoms. The van der Waals surface area contributed by atoms with Crippen LogP contribution in [0.2, 0.25) is 0 Å².